The largest absolute Gasteiger partial charge is 0.411 e. The molecule has 0 unspecified atom stereocenters. The van der Waals surface area contributed by atoms with Gasteiger partial charge in [0, 0.05) is 5.41 Å². The van der Waals surface area contributed by atoms with Gasteiger partial charge in [-0.2, -0.15) is 13.2 Å². The van der Waals surface area contributed by atoms with E-state index in [1.165, 1.54) is 0 Å². The summed E-state index contributed by atoms with van der Waals surface area (Å²) in [6.45, 7) is 4.18. The normalized spacial score (nSPS) is 16.1. The molecule has 122 valence electrons. The summed E-state index contributed by atoms with van der Waals surface area (Å²) in [5, 5.41) is 0. The van der Waals surface area contributed by atoms with Crippen LogP contribution < -0.4 is 0 Å². The number of hydrogen-bond donors (Lipinski definition) is 0. The van der Waals surface area contributed by atoms with Crippen LogP contribution in [0.1, 0.15) is 31.9 Å². The monoisotopic (exact) mass is 320 g/mol. The SMILES string of the molecule is CC(C)(OCC(F)(F)F)C1(C)c2ccccc2-c2ccccc21. The third-order valence-electron chi connectivity index (χ3n) is 5.02. The fraction of sp³-hybridized carbons (Fsp3) is 0.368. The zero-order valence-corrected chi connectivity index (χ0v) is 13.4. The zero-order chi connectivity index (χ0) is 16.9. The lowest BCUT2D eigenvalue weighted by atomic mass is 9.68. The van der Waals surface area contributed by atoms with Crippen LogP contribution in [0, 0.1) is 0 Å². The first-order valence-corrected chi connectivity index (χ1v) is 7.57. The first-order valence-electron chi connectivity index (χ1n) is 7.57. The number of alkyl halides is 3. The van der Waals surface area contributed by atoms with Crippen molar-refractivity contribution < 1.29 is 17.9 Å². The predicted molar refractivity (Wildman–Crippen MR) is 84.4 cm³/mol. The topological polar surface area (TPSA) is 9.23 Å². The molecule has 2 aromatic rings. The molecule has 0 N–H and O–H groups in total. The van der Waals surface area contributed by atoms with Crippen LogP contribution in [-0.4, -0.2) is 18.4 Å². The van der Waals surface area contributed by atoms with E-state index < -0.39 is 23.8 Å². The molecule has 0 atom stereocenters. The summed E-state index contributed by atoms with van der Waals surface area (Å²) in [5.74, 6) is 0. The Labute approximate surface area is 134 Å². The van der Waals surface area contributed by atoms with Gasteiger partial charge in [0.25, 0.3) is 0 Å². The van der Waals surface area contributed by atoms with E-state index in [0.29, 0.717) is 0 Å². The van der Waals surface area contributed by atoms with Crippen molar-refractivity contribution in [1.29, 1.82) is 0 Å². The Morgan fingerprint density at radius 3 is 1.74 bits per heavy atom. The van der Waals surface area contributed by atoms with Gasteiger partial charge in [0.2, 0.25) is 0 Å². The molecule has 0 radical (unpaired) electrons. The van der Waals surface area contributed by atoms with Gasteiger partial charge in [-0.05, 0) is 43.0 Å². The molecule has 0 aromatic heterocycles. The maximum Gasteiger partial charge on any atom is 0.411 e. The summed E-state index contributed by atoms with van der Waals surface area (Å²) in [6, 6.07) is 15.7. The molecular formula is C19H19F3O. The Hall–Kier alpha value is -1.81. The molecule has 2 aromatic carbocycles. The molecule has 0 amide bonds. The second-order valence-electron chi connectivity index (χ2n) is 6.63. The molecule has 0 heterocycles. The van der Waals surface area contributed by atoms with Gasteiger partial charge >= 0.3 is 6.18 Å². The minimum Gasteiger partial charge on any atom is -0.365 e. The maximum absolute atomic E-state index is 12.7. The highest BCUT2D eigenvalue weighted by Crippen LogP contribution is 2.54. The molecule has 23 heavy (non-hydrogen) atoms. The quantitative estimate of drug-likeness (QED) is 0.742. The number of hydrogen-bond acceptors (Lipinski definition) is 1. The Balaban J connectivity index is 2.13. The summed E-state index contributed by atoms with van der Waals surface area (Å²) < 4.78 is 43.4. The van der Waals surface area contributed by atoms with Crippen molar-refractivity contribution in [2.45, 2.75) is 38.0 Å². The molecule has 3 rings (SSSR count). The molecule has 4 heteroatoms. The molecule has 0 bridgehead atoms. The van der Waals surface area contributed by atoms with Crippen LogP contribution in [0.2, 0.25) is 0 Å². The maximum atomic E-state index is 12.7. The molecule has 0 fully saturated rings. The van der Waals surface area contributed by atoms with E-state index >= 15 is 0 Å². The average Bonchev–Trinajstić information content (AvgIpc) is 2.77. The van der Waals surface area contributed by atoms with Crippen LogP contribution in [0.25, 0.3) is 11.1 Å². The Morgan fingerprint density at radius 1 is 0.870 bits per heavy atom. The summed E-state index contributed by atoms with van der Waals surface area (Å²) in [6.07, 6.45) is -4.34. The van der Waals surface area contributed by atoms with Gasteiger partial charge in [-0.1, -0.05) is 48.5 Å². The molecule has 1 nitrogen and oxygen atoms in total. The van der Waals surface area contributed by atoms with Gasteiger partial charge in [0.15, 0.2) is 0 Å². The fourth-order valence-electron chi connectivity index (χ4n) is 3.51. The van der Waals surface area contributed by atoms with Crippen molar-refractivity contribution in [1.82, 2.24) is 0 Å². The van der Waals surface area contributed by atoms with Crippen molar-refractivity contribution in [2.75, 3.05) is 6.61 Å². The number of rotatable bonds is 3. The third kappa shape index (κ3) is 2.45. The lowest BCUT2D eigenvalue weighted by molar-refractivity contribution is -0.208. The lowest BCUT2D eigenvalue weighted by Gasteiger charge is -2.43. The highest BCUT2D eigenvalue weighted by atomic mass is 19.4. The average molecular weight is 320 g/mol. The third-order valence-corrected chi connectivity index (χ3v) is 5.02. The number of ether oxygens (including phenoxy) is 1. The fourth-order valence-corrected chi connectivity index (χ4v) is 3.51. The van der Waals surface area contributed by atoms with Crippen LogP contribution in [0.15, 0.2) is 48.5 Å². The van der Waals surface area contributed by atoms with Crippen LogP contribution >= 0.6 is 0 Å². The van der Waals surface area contributed by atoms with Gasteiger partial charge in [-0.25, -0.2) is 0 Å². The molecule has 0 saturated carbocycles. The van der Waals surface area contributed by atoms with E-state index in [2.05, 4.69) is 0 Å². The van der Waals surface area contributed by atoms with E-state index in [1.807, 2.05) is 55.5 Å². The smallest absolute Gasteiger partial charge is 0.365 e. The second kappa shape index (κ2) is 5.10. The number of benzene rings is 2. The van der Waals surface area contributed by atoms with Crippen LogP contribution in [-0.2, 0) is 10.2 Å². The Morgan fingerprint density at radius 2 is 1.30 bits per heavy atom. The summed E-state index contributed by atoms with van der Waals surface area (Å²) in [7, 11) is 0. The summed E-state index contributed by atoms with van der Waals surface area (Å²) in [5.41, 5.74) is 2.49. The van der Waals surface area contributed by atoms with Crippen molar-refractivity contribution in [3.8, 4) is 11.1 Å². The Bertz CT molecular complexity index is 686. The van der Waals surface area contributed by atoms with E-state index in [-0.39, 0.29) is 0 Å². The van der Waals surface area contributed by atoms with E-state index in [0.717, 1.165) is 22.3 Å². The predicted octanol–water partition coefficient (Wildman–Crippen LogP) is 5.33. The molecule has 0 saturated heterocycles. The zero-order valence-electron chi connectivity index (χ0n) is 13.4. The lowest BCUT2D eigenvalue weighted by Crippen LogP contribution is -2.48. The van der Waals surface area contributed by atoms with E-state index in [9.17, 15) is 13.2 Å². The molecule has 0 spiro atoms. The van der Waals surface area contributed by atoms with Crippen LogP contribution in [0.3, 0.4) is 0 Å². The van der Waals surface area contributed by atoms with Crippen molar-refractivity contribution in [3.63, 3.8) is 0 Å². The standard InChI is InChI=1S/C19H19F3O/c1-17(2,23-12-19(20,21)22)18(3)15-10-6-4-8-13(15)14-9-5-7-11-16(14)18/h4-11H,12H2,1-3H3. The highest BCUT2D eigenvalue weighted by Gasteiger charge is 2.51. The van der Waals surface area contributed by atoms with Crippen molar-refractivity contribution in [2.24, 2.45) is 0 Å². The minimum atomic E-state index is -4.34. The number of halogens is 3. The summed E-state index contributed by atoms with van der Waals surface area (Å²) >= 11 is 0. The van der Waals surface area contributed by atoms with Gasteiger partial charge < -0.3 is 4.74 Å². The van der Waals surface area contributed by atoms with Gasteiger partial charge in [0.1, 0.15) is 6.61 Å². The Kier molecular flexibility index (Phi) is 3.56. The minimum absolute atomic E-state index is 0.647. The molecule has 1 aliphatic carbocycles. The van der Waals surface area contributed by atoms with E-state index in [1.54, 1.807) is 13.8 Å². The van der Waals surface area contributed by atoms with Gasteiger partial charge in [-0.3, -0.25) is 0 Å². The van der Waals surface area contributed by atoms with E-state index in [4.69, 9.17) is 4.74 Å². The van der Waals surface area contributed by atoms with Gasteiger partial charge in [0.05, 0.1) is 5.60 Å². The first-order chi connectivity index (χ1) is 10.7. The van der Waals surface area contributed by atoms with Gasteiger partial charge in [-0.15, -0.1) is 0 Å². The van der Waals surface area contributed by atoms with Crippen molar-refractivity contribution in [3.05, 3.63) is 59.7 Å². The number of fused-ring (bicyclic) bond motifs is 3. The molecular weight excluding hydrogens is 301 g/mol. The molecule has 0 aliphatic heterocycles. The van der Waals surface area contributed by atoms with Crippen molar-refractivity contribution >= 4 is 0 Å². The summed E-state index contributed by atoms with van der Waals surface area (Å²) in [4.78, 5) is 0. The van der Waals surface area contributed by atoms with Crippen LogP contribution in [0.4, 0.5) is 13.2 Å². The van der Waals surface area contributed by atoms with Crippen LogP contribution in [0.5, 0.6) is 0 Å². The highest BCUT2D eigenvalue weighted by molar-refractivity contribution is 5.81. The first kappa shape index (κ1) is 16.1. The molecule has 1 aliphatic rings. The second-order valence-corrected chi connectivity index (χ2v) is 6.63.